The van der Waals surface area contributed by atoms with Gasteiger partial charge in [-0.1, -0.05) is 11.2 Å². The molecule has 1 heterocycles. The van der Waals surface area contributed by atoms with E-state index in [2.05, 4.69) is 15.5 Å². The molecule has 0 saturated carbocycles. The fourth-order valence-electron chi connectivity index (χ4n) is 1.21. The van der Waals surface area contributed by atoms with Crippen molar-refractivity contribution in [1.29, 1.82) is 5.26 Å². The molecule has 0 bridgehead atoms. The molecule has 0 aliphatic carbocycles. The lowest BCUT2D eigenvalue weighted by Gasteiger charge is -2.01. The minimum absolute atomic E-state index is 0.265. The molecule has 0 amide bonds. The minimum atomic E-state index is -4.51. The normalized spacial score (nSPS) is 11.1. The van der Waals surface area contributed by atoms with Gasteiger partial charge in [0.15, 0.2) is 0 Å². The highest BCUT2D eigenvalue weighted by Gasteiger charge is 2.20. The highest BCUT2D eigenvalue weighted by atomic mass is 32.2. The summed E-state index contributed by atoms with van der Waals surface area (Å²) in [7, 11) is -4.51. The van der Waals surface area contributed by atoms with Gasteiger partial charge in [-0.3, -0.25) is 4.55 Å². The molecular formula is C8H5N5O3S. The van der Waals surface area contributed by atoms with Crippen LogP contribution in [0.3, 0.4) is 0 Å². The molecule has 0 spiro atoms. The van der Waals surface area contributed by atoms with Gasteiger partial charge in [0.25, 0.3) is 5.16 Å². The van der Waals surface area contributed by atoms with E-state index in [0.717, 1.165) is 4.68 Å². The summed E-state index contributed by atoms with van der Waals surface area (Å²) in [5.41, 5.74) is 0.584. The zero-order valence-corrected chi connectivity index (χ0v) is 9.03. The zero-order chi connectivity index (χ0) is 12.5. The molecule has 0 atom stereocenters. The summed E-state index contributed by atoms with van der Waals surface area (Å²) in [5, 5.41) is 17.8. The first-order valence-electron chi connectivity index (χ1n) is 4.29. The number of aromatic nitrogens is 4. The predicted octanol–water partition coefficient (Wildman–Crippen LogP) is -0.219. The quantitative estimate of drug-likeness (QED) is 0.732. The molecule has 0 aliphatic heterocycles. The monoisotopic (exact) mass is 251 g/mol. The van der Waals surface area contributed by atoms with Crippen LogP contribution in [0.25, 0.3) is 5.69 Å². The Hall–Kier alpha value is -2.31. The minimum Gasteiger partial charge on any atom is -0.279 e. The van der Waals surface area contributed by atoms with Gasteiger partial charge in [-0.05, 0) is 28.6 Å². The van der Waals surface area contributed by atoms with E-state index in [9.17, 15) is 8.42 Å². The number of benzene rings is 1. The molecule has 86 valence electrons. The first-order chi connectivity index (χ1) is 8.02. The van der Waals surface area contributed by atoms with Gasteiger partial charge in [0.2, 0.25) is 0 Å². The van der Waals surface area contributed by atoms with Gasteiger partial charge in [0.05, 0.1) is 17.3 Å². The molecule has 9 heteroatoms. The van der Waals surface area contributed by atoms with E-state index in [1.165, 1.54) is 12.1 Å². The van der Waals surface area contributed by atoms with E-state index in [-0.39, 0.29) is 5.69 Å². The molecular weight excluding hydrogens is 246 g/mol. The number of nitriles is 1. The number of rotatable bonds is 2. The van der Waals surface area contributed by atoms with Crippen molar-refractivity contribution in [3.8, 4) is 11.8 Å². The lowest BCUT2D eigenvalue weighted by molar-refractivity contribution is 0.469. The van der Waals surface area contributed by atoms with Gasteiger partial charge in [-0.15, -0.1) is 0 Å². The third kappa shape index (κ3) is 2.12. The second-order valence-corrected chi connectivity index (χ2v) is 4.33. The topological polar surface area (TPSA) is 122 Å². The summed E-state index contributed by atoms with van der Waals surface area (Å²) in [6.07, 6.45) is 0. The van der Waals surface area contributed by atoms with E-state index < -0.39 is 15.3 Å². The summed E-state index contributed by atoms with van der Waals surface area (Å²) >= 11 is 0. The van der Waals surface area contributed by atoms with E-state index >= 15 is 0 Å². The first-order valence-corrected chi connectivity index (χ1v) is 5.73. The van der Waals surface area contributed by atoms with Crippen molar-refractivity contribution in [2.24, 2.45) is 0 Å². The molecule has 1 N–H and O–H groups in total. The molecule has 1 aromatic heterocycles. The molecule has 0 unspecified atom stereocenters. The van der Waals surface area contributed by atoms with Gasteiger partial charge in [0.1, 0.15) is 0 Å². The van der Waals surface area contributed by atoms with Crippen LogP contribution in [0.1, 0.15) is 5.56 Å². The van der Waals surface area contributed by atoms with E-state index in [1.807, 2.05) is 6.07 Å². The molecule has 0 saturated heterocycles. The van der Waals surface area contributed by atoms with Crippen molar-refractivity contribution in [2.75, 3.05) is 0 Å². The second kappa shape index (κ2) is 3.93. The summed E-state index contributed by atoms with van der Waals surface area (Å²) in [6, 6.07) is 7.88. The number of nitrogens with zero attached hydrogens (tertiary/aromatic N) is 5. The Morgan fingerprint density at radius 1 is 1.41 bits per heavy atom. The summed E-state index contributed by atoms with van der Waals surface area (Å²) in [6.45, 7) is 0. The Morgan fingerprint density at radius 2 is 2.18 bits per heavy atom. The van der Waals surface area contributed by atoms with Crippen molar-refractivity contribution in [1.82, 2.24) is 20.2 Å². The molecule has 2 aromatic rings. The highest BCUT2D eigenvalue weighted by molar-refractivity contribution is 7.85. The molecule has 2 rings (SSSR count). The van der Waals surface area contributed by atoms with Crippen LogP contribution in [-0.2, 0) is 10.1 Å². The summed E-state index contributed by atoms with van der Waals surface area (Å²) in [5.74, 6) is 0. The SMILES string of the molecule is N#Cc1cccc(-n2nnnc2S(=O)(=O)O)c1. The Bertz CT molecular complexity index is 700. The third-order valence-corrected chi connectivity index (χ3v) is 2.61. The fourth-order valence-corrected chi connectivity index (χ4v) is 1.71. The molecule has 8 nitrogen and oxygen atoms in total. The van der Waals surface area contributed by atoms with Gasteiger partial charge in [-0.25, -0.2) is 0 Å². The van der Waals surface area contributed by atoms with Crippen LogP contribution in [0.15, 0.2) is 29.4 Å². The third-order valence-electron chi connectivity index (χ3n) is 1.89. The fraction of sp³-hybridized carbons (Fsp3) is 0. The largest absolute Gasteiger partial charge is 0.332 e. The van der Waals surface area contributed by atoms with Crippen LogP contribution >= 0.6 is 0 Å². The number of hydrogen-bond donors (Lipinski definition) is 1. The maximum atomic E-state index is 11.0. The molecule has 17 heavy (non-hydrogen) atoms. The van der Waals surface area contributed by atoms with Crippen molar-refractivity contribution in [3.63, 3.8) is 0 Å². The van der Waals surface area contributed by atoms with Crippen LogP contribution in [0.2, 0.25) is 0 Å². The Kier molecular flexibility index (Phi) is 2.58. The van der Waals surface area contributed by atoms with E-state index in [0.29, 0.717) is 5.56 Å². The highest BCUT2D eigenvalue weighted by Crippen LogP contribution is 2.12. The van der Waals surface area contributed by atoms with Crippen molar-refractivity contribution >= 4 is 10.1 Å². The van der Waals surface area contributed by atoms with Crippen LogP contribution in [0.5, 0.6) is 0 Å². The van der Waals surface area contributed by atoms with Crippen LogP contribution < -0.4 is 0 Å². The van der Waals surface area contributed by atoms with Gasteiger partial charge >= 0.3 is 10.1 Å². The molecule has 0 fully saturated rings. The van der Waals surface area contributed by atoms with Crippen LogP contribution in [-0.4, -0.2) is 33.2 Å². The number of hydrogen-bond acceptors (Lipinski definition) is 6. The summed E-state index contributed by atoms with van der Waals surface area (Å²) < 4.78 is 31.7. The Morgan fingerprint density at radius 3 is 2.82 bits per heavy atom. The van der Waals surface area contributed by atoms with Gasteiger partial charge in [0, 0.05) is 0 Å². The zero-order valence-electron chi connectivity index (χ0n) is 8.22. The van der Waals surface area contributed by atoms with Crippen molar-refractivity contribution in [2.45, 2.75) is 5.16 Å². The second-order valence-electron chi connectivity index (χ2n) is 3.01. The van der Waals surface area contributed by atoms with Crippen molar-refractivity contribution in [3.05, 3.63) is 29.8 Å². The van der Waals surface area contributed by atoms with E-state index in [4.69, 9.17) is 9.81 Å². The lowest BCUT2D eigenvalue weighted by Crippen LogP contribution is -2.09. The van der Waals surface area contributed by atoms with E-state index in [1.54, 1.807) is 12.1 Å². The first kappa shape index (κ1) is 11.2. The summed E-state index contributed by atoms with van der Waals surface area (Å²) in [4.78, 5) is 0. The van der Waals surface area contributed by atoms with Crippen LogP contribution in [0.4, 0.5) is 0 Å². The van der Waals surface area contributed by atoms with Gasteiger partial charge in [-0.2, -0.15) is 18.4 Å². The average molecular weight is 251 g/mol. The lowest BCUT2D eigenvalue weighted by atomic mass is 10.2. The predicted molar refractivity (Wildman–Crippen MR) is 53.7 cm³/mol. The maximum Gasteiger partial charge on any atom is 0.332 e. The standard InChI is InChI=1S/C8H5N5O3S/c9-5-6-2-1-3-7(4-6)13-8(10-11-12-13)17(14,15)16/h1-4H,(H,14,15,16). The van der Waals surface area contributed by atoms with Gasteiger partial charge < -0.3 is 0 Å². The average Bonchev–Trinajstić information content (AvgIpc) is 2.77. The molecule has 0 aliphatic rings. The molecule has 1 aromatic carbocycles. The molecule has 0 radical (unpaired) electrons. The Balaban J connectivity index is 2.63. The number of tetrazole rings is 1. The van der Waals surface area contributed by atoms with Crippen molar-refractivity contribution < 1.29 is 13.0 Å². The maximum absolute atomic E-state index is 11.0. The van der Waals surface area contributed by atoms with Crippen LogP contribution in [0, 0.1) is 11.3 Å². The Labute approximate surface area is 95.9 Å². The smallest absolute Gasteiger partial charge is 0.279 e.